The van der Waals surface area contributed by atoms with Crippen molar-refractivity contribution < 1.29 is 23.0 Å². The number of H-pyrrole nitrogens is 1. The predicted octanol–water partition coefficient (Wildman–Crippen LogP) is 2.87. The fourth-order valence-corrected chi connectivity index (χ4v) is 3.58. The van der Waals surface area contributed by atoms with Crippen molar-refractivity contribution in [2.75, 3.05) is 0 Å². The van der Waals surface area contributed by atoms with Crippen LogP contribution >= 0.6 is 0 Å². The van der Waals surface area contributed by atoms with E-state index < -0.39 is 12.9 Å². The van der Waals surface area contributed by atoms with E-state index in [0.29, 0.717) is 28.5 Å². The number of hydrogen-bond acceptors (Lipinski definition) is 1. The SMILES string of the molecule is CC1=CC(c2ccc[nH]2)=[N+]2C1=Cc1ccc(CCC(=O)O)n1[B-]2(F)F. The Hall–Kier alpha value is -2.90. The molecule has 2 aliphatic heterocycles. The molecule has 8 heteroatoms. The number of carboxylic acid groups (broad SMARTS) is 1. The average Bonchev–Trinajstić information content (AvgIpc) is 3.25. The lowest BCUT2D eigenvalue weighted by atomic mass is 9.89. The molecule has 0 saturated carbocycles. The molecule has 2 N–H and O–H groups in total. The van der Waals surface area contributed by atoms with Crippen molar-refractivity contribution in [2.45, 2.75) is 19.8 Å². The molecular weight excluding hydrogens is 327 g/mol. The number of carboxylic acids is 1. The Labute approximate surface area is 142 Å². The zero-order chi connectivity index (χ0) is 17.8. The fourth-order valence-electron chi connectivity index (χ4n) is 3.58. The van der Waals surface area contributed by atoms with Crippen LogP contribution in [0, 0.1) is 0 Å². The Morgan fingerprint density at radius 1 is 1.32 bits per heavy atom. The van der Waals surface area contributed by atoms with Crippen LogP contribution < -0.4 is 0 Å². The number of carbonyl (C=O) groups is 1. The van der Waals surface area contributed by atoms with E-state index in [1.807, 2.05) is 6.92 Å². The number of nitrogens with zero attached hydrogens (tertiary/aromatic N) is 2. The van der Waals surface area contributed by atoms with Crippen LogP contribution in [0.3, 0.4) is 0 Å². The van der Waals surface area contributed by atoms with E-state index in [2.05, 4.69) is 4.98 Å². The van der Waals surface area contributed by atoms with Crippen LogP contribution in [0.5, 0.6) is 0 Å². The smallest absolute Gasteiger partial charge is 0.481 e. The van der Waals surface area contributed by atoms with Crippen molar-refractivity contribution in [2.24, 2.45) is 0 Å². The number of fused-ring (bicyclic) bond motifs is 2. The summed E-state index contributed by atoms with van der Waals surface area (Å²) in [5, 5.41) is 8.87. The Balaban J connectivity index is 1.89. The standard InChI is InChI=1S/C17H16BF2N3O2/c1-11-9-16(14-3-2-8-21-14)23-15(11)10-13-5-4-12(6-7-17(24)25)22(13)18(23,19)20/h2-5,8-10,21H,6-7H2,1H3,(H,24,25). The maximum Gasteiger partial charge on any atom is 0.737 e. The maximum absolute atomic E-state index is 15.5. The maximum atomic E-state index is 15.5. The number of rotatable bonds is 4. The first kappa shape index (κ1) is 15.6. The quantitative estimate of drug-likeness (QED) is 0.839. The van der Waals surface area contributed by atoms with E-state index in [0.717, 1.165) is 14.5 Å². The van der Waals surface area contributed by atoms with E-state index in [-0.39, 0.29) is 12.8 Å². The summed E-state index contributed by atoms with van der Waals surface area (Å²) >= 11 is 0. The van der Waals surface area contributed by atoms with Crippen molar-refractivity contribution in [3.63, 3.8) is 0 Å². The second-order valence-corrected chi connectivity index (χ2v) is 6.30. The van der Waals surface area contributed by atoms with E-state index in [9.17, 15) is 4.79 Å². The summed E-state index contributed by atoms with van der Waals surface area (Å²) in [6, 6.07) is 6.73. The van der Waals surface area contributed by atoms with Crippen LogP contribution in [0.15, 0.2) is 47.8 Å². The molecule has 2 aromatic heterocycles. The molecule has 25 heavy (non-hydrogen) atoms. The summed E-state index contributed by atoms with van der Waals surface area (Å²) in [5.74, 6) is -1.00. The molecule has 2 aliphatic rings. The topological polar surface area (TPSA) is 61.0 Å². The number of aliphatic carboxylic acids is 1. The van der Waals surface area contributed by atoms with Gasteiger partial charge in [-0.15, -0.1) is 0 Å². The van der Waals surface area contributed by atoms with E-state index >= 15 is 8.63 Å². The molecule has 5 nitrogen and oxygen atoms in total. The molecule has 0 aromatic carbocycles. The molecule has 0 amide bonds. The zero-order valence-corrected chi connectivity index (χ0v) is 13.5. The molecule has 4 heterocycles. The molecule has 2 aromatic rings. The number of aryl methyl sites for hydroxylation is 1. The van der Waals surface area contributed by atoms with Crippen LogP contribution in [0.1, 0.15) is 30.4 Å². The highest BCUT2D eigenvalue weighted by Gasteiger charge is 2.53. The minimum atomic E-state index is -4.12. The number of aromatic nitrogens is 2. The number of allylic oxidation sites excluding steroid dienone is 2. The van der Waals surface area contributed by atoms with Gasteiger partial charge in [0.25, 0.3) is 0 Å². The zero-order valence-electron chi connectivity index (χ0n) is 13.5. The largest absolute Gasteiger partial charge is 0.737 e. The third-order valence-electron chi connectivity index (χ3n) is 4.69. The molecule has 0 atom stereocenters. The summed E-state index contributed by atoms with van der Waals surface area (Å²) in [4.78, 5) is 13.8. The summed E-state index contributed by atoms with van der Waals surface area (Å²) in [6.07, 6.45) is 5.05. The monoisotopic (exact) mass is 343 g/mol. The molecular formula is C17H16BF2N3O2. The van der Waals surface area contributed by atoms with Crippen LogP contribution in [0.4, 0.5) is 8.63 Å². The second kappa shape index (κ2) is 5.30. The number of nitrogens with one attached hydrogen (secondary N) is 1. The van der Waals surface area contributed by atoms with Crippen molar-refractivity contribution in [1.29, 1.82) is 0 Å². The van der Waals surface area contributed by atoms with E-state index in [4.69, 9.17) is 5.11 Å². The van der Waals surface area contributed by atoms with Gasteiger partial charge in [-0.25, -0.2) is 0 Å². The van der Waals surface area contributed by atoms with Gasteiger partial charge in [0, 0.05) is 29.6 Å². The highest BCUT2D eigenvalue weighted by molar-refractivity contribution is 6.58. The Kier molecular flexibility index (Phi) is 3.31. The summed E-state index contributed by atoms with van der Waals surface area (Å²) in [7, 11) is 0. The van der Waals surface area contributed by atoms with Gasteiger partial charge in [0.2, 0.25) is 0 Å². The van der Waals surface area contributed by atoms with Crippen LogP contribution in [-0.2, 0) is 11.2 Å². The van der Waals surface area contributed by atoms with Crippen molar-refractivity contribution in [3.05, 3.63) is 64.9 Å². The highest BCUT2D eigenvalue weighted by atomic mass is 19.2. The third kappa shape index (κ3) is 2.28. The van der Waals surface area contributed by atoms with Gasteiger partial charge in [-0.05, 0) is 43.3 Å². The van der Waals surface area contributed by atoms with Gasteiger partial charge < -0.3 is 27.7 Å². The molecule has 0 spiro atoms. The summed E-state index contributed by atoms with van der Waals surface area (Å²) in [6.45, 7) is -2.31. The van der Waals surface area contributed by atoms with Gasteiger partial charge >= 0.3 is 12.9 Å². The second-order valence-electron chi connectivity index (χ2n) is 6.30. The van der Waals surface area contributed by atoms with Gasteiger partial charge in [0.05, 0.1) is 6.42 Å². The minimum absolute atomic E-state index is 0.0634. The van der Waals surface area contributed by atoms with Gasteiger partial charge in [0.15, 0.2) is 11.4 Å². The molecule has 4 rings (SSSR count). The molecule has 0 unspecified atom stereocenters. The Morgan fingerprint density at radius 2 is 2.12 bits per heavy atom. The molecule has 0 radical (unpaired) electrons. The number of halogens is 2. The summed E-state index contributed by atoms with van der Waals surface area (Å²) < 4.78 is 33.0. The predicted molar refractivity (Wildman–Crippen MR) is 90.7 cm³/mol. The normalized spacial score (nSPS) is 17.9. The van der Waals surface area contributed by atoms with Gasteiger partial charge in [-0.2, -0.15) is 0 Å². The summed E-state index contributed by atoms with van der Waals surface area (Å²) in [5.41, 5.74) is 3.01. The lowest BCUT2D eigenvalue weighted by Crippen LogP contribution is -2.51. The molecule has 0 bridgehead atoms. The Morgan fingerprint density at radius 3 is 2.80 bits per heavy atom. The molecule has 128 valence electrons. The lowest BCUT2D eigenvalue weighted by Gasteiger charge is -2.31. The van der Waals surface area contributed by atoms with Crippen molar-refractivity contribution in [1.82, 2.24) is 9.46 Å². The van der Waals surface area contributed by atoms with Gasteiger partial charge in [-0.1, -0.05) is 0 Å². The number of aromatic amines is 1. The van der Waals surface area contributed by atoms with Crippen LogP contribution in [-0.4, -0.2) is 37.7 Å². The van der Waals surface area contributed by atoms with Crippen LogP contribution in [0.2, 0.25) is 0 Å². The average molecular weight is 343 g/mol. The van der Waals surface area contributed by atoms with Gasteiger partial charge in [0.1, 0.15) is 5.69 Å². The first-order valence-corrected chi connectivity index (χ1v) is 8.04. The highest BCUT2D eigenvalue weighted by Crippen LogP contribution is 2.36. The van der Waals surface area contributed by atoms with Crippen molar-refractivity contribution >= 4 is 24.7 Å². The fraction of sp³-hybridized carbons (Fsp3) is 0.176. The first-order valence-electron chi connectivity index (χ1n) is 8.04. The first-order chi connectivity index (χ1) is 11.9. The van der Waals surface area contributed by atoms with Gasteiger partial charge in [-0.3, -0.25) is 4.79 Å². The van der Waals surface area contributed by atoms with E-state index in [1.54, 1.807) is 42.6 Å². The van der Waals surface area contributed by atoms with E-state index in [1.165, 1.54) is 0 Å². The Bertz CT molecular complexity index is 968. The molecule has 0 aliphatic carbocycles. The third-order valence-corrected chi connectivity index (χ3v) is 4.69. The van der Waals surface area contributed by atoms with Crippen LogP contribution in [0.25, 0.3) is 6.08 Å². The minimum Gasteiger partial charge on any atom is -0.481 e. The number of hydrogen-bond donors (Lipinski definition) is 2. The molecule has 0 saturated heterocycles. The van der Waals surface area contributed by atoms with Crippen molar-refractivity contribution in [3.8, 4) is 0 Å². The lowest BCUT2D eigenvalue weighted by molar-refractivity contribution is -0.362. The molecule has 0 fully saturated rings.